The fourth-order valence-corrected chi connectivity index (χ4v) is 11.7. The highest BCUT2D eigenvalue weighted by atomic mass is 31.2. The van der Waals surface area contributed by atoms with Gasteiger partial charge in [0, 0.05) is 64.6 Å². The Morgan fingerprint density at radius 2 is 0.683 bits per heavy atom. The molecule has 7 aromatic rings. The maximum atomic E-state index is 14.5. The van der Waals surface area contributed by atoms with Gasteiger partial charge in [0.25, 0.3) is 0 Å². The first kappa shape index (κ1) is 42.9. The molecule has 0 aromatic heterocycles. The largest absolute Gasteiger partial charge is 0.506 e. The average Bonchev–Trinajstić information content (AvgIpc) is 3.24. The van der Waals surface area contributed by atoms with Crippen molar-refractivity contribution in [3.63, 3.8) is 0 Å². The average molecular weight is 863 g/mol. The van der Waals surface area contributed by atoms with Crippen molar-refractivity contribution < 1.29 is 65.9 Å². The lowest BCUT2D eigenvalue weighted by Gasteiger charge is -2.24. The summed E-state index contributed by atoms with van der Waals surface area (Å²) in [4.78, 5) is 0. The molecule has 0 aliphatic heterocycles. The highest BCUT2D eigenvalue weighted by molar-refractivity contribution is 7.62. The Hall–Kier alpha value is -5.20. The zero-order chi connectivity index (χ0) is 43.3. The summed E-state index contributed by atoms with van der Waals surface area (Å²) in [5, 5.41) is 30.3. The summed E-state index contributed by atoms with van der Waals surface area (Å²) in [5.74, 6) is 1.34. The van der Waals surface area contributed by atoms with E-state index in [0.717, 1.165) is 0 Å². The number of fused-ring (bicyclic) bond motifs is 11. The van der Waals surface area contributed by atoms with E-state index in [1.807, 2.05) is 24.3 Å². The van der Waals surface area contributed by atoms with Gasteiger partial charge in [-0.3, -0.25) is 9.13 Å². The molecule has 0 bridgehead atoms. The molecule has 0 saturated heterocycles. The van der Waals surface area contributed by atoms with Crippen LogP contribution in [0.4, 0.5) is 0 Å². The Bertz CT molecular complexity index is 2730. The number of ether oxygens (including phenoxy) is 6. The number of benzene rings is 7. The van der Waals surface area contributed by atoms with E-state index in [0.29, 0.717) is 76.9 Å². The Balaban J connectivity index is 1.92. The Morgan fingerprint density at radius 1 is 0.400 bits per heavy atom. The van der Waals surface area contributed by atoms with Crippen molar-refractivity contribution in [3.05, 3.63) is 48.5 Å². The minimum Gasteiger partial charge on any atom is -0.506 e. The van der Waals surface area contributed by atoms with Gasteiger partial charge in [-0.2, -0.15) is 0 Å². The highest BCUT2D eigenvalue weighted by Gasteiger charge is 2.36. The molecule has 0 radical (unpaired) electrons. The standard InChI is InChI=1S/C44H48O14P2/c1-11-55-59(47,56-12-2)33-21-31(51-7)27-19-29(49-5)23-15-17-25-37(35(23)39(27)41(33)45)38-26(44(54-10)43(25)53-9)18-16-24-30(50-6)20-28-32(52-8)22-34(42(46)40(28)36(24)38)60(48,57-13-3)58-14-4/h15-22,45-46H,11-14H2,1-10H3. The van der Waals surface area contributed by atoms with Crippen LogP contribution in [0.25, 0.3) is 64.6 Å². The molecule has 0 heterocycles. The number of methoxy groups -OCH3 is 6. The summed E-state index contributed by atoms with van der Waals surface area (Å²) >= 11 is 0. The SMILES string of the molecule is CCOP(=O)(OCC)c1cc(OC)c2cc(OC)c3ccc4c(OC)c(OC)c5ccc6c(OC)cc7c(OC)cc(P(=O)(OCC)OCC)c(O)c7c6c5c4c3c2c1O. The number of hydrogen-bond donors (Lipinski definition) is 2. The van der Waals surface area contributed by atoms with Crippen LogP contribution in [-0.2, 0) is 27.2 Å². The second-order valence-corrected chi connectivity index (χ2v) is 17.4. The lowest BCUT2D eigenvalue weighted by molar-refractivity contribution is 0.228. The molecule has 0 amide bonds. The van der Waals surface area contributed by atoms with Crippen LogP contribution in [0, 0.1) is 0 Å². The van der Waals surface area contributed by atoms with E-state index < -0.39 is 15.2 Å². The maximum Gasteiger partial charge on any atom is 0.365 e. The molecule has 318 valence electrons. The van der Waals surface area contributed by atoms with Gasteiger partial charge in [-0.05, 0) is 76.2 Å². The van der Waals surface area contributed by atoms with Gasteiger partial charge in [0.1, 0.15) is 45.1 Å². The van der Waals surface area contributed by atoms with Crippen LogP contribution in [0.2, 0.25) is 0 Å². The summed E-state index contributed by atoms with van der Waals surface area (Å²) in [5.41, 5.74) is 0. The van der Waals surface area contributed by atoms with E-state index in [4.69, 9.17) is 46.5 Å². The first-order valence-electron chi connectivity index (χ1n) is 19.3. The topological polar surface area (TPSA) is 167 Å². The third-order valence-corrected chi connectivity index (χ3v) is 14.8. The van der Waals surface area contributed by atoms with Gasteiger partial charge in [-0.1, -0.05) is 0 Å². The molecule has 0 aliphatic rings. The van der Waals surface area contributed by atoms with E-state index in [1.165, 1.54) is 54.8 Å². The van der Waals surface area contributed by atoms with Gasteiger partial charge in [0.2, 0.25) is 0 Å². The Labute approximate surface area is 346 Å². The number of phenols is 2. The molecule has 0 fully saturated rings. The van der Waals surface area contributed by atoms with E-state index in [1.54, 1.807) is 39.8 Å². The number of aromatic hydroxyl groups is 2. The first-order valence-corrected chi connectivity index (χ1v) is 22.4. The van der Waals surface area contributed by atoms with Crippen LogP contribution in [-0.4, -0.2) is 79.3 Å². The molecule has 2 N–H and O–H groups in total. The fourth-order valence-electron chi connectivity index (χ4n) is 8.32. The lowest BCUT2D eigenvalue weighted by atomic mass is 9.87. The summed E-state index contributed by atoms with van der Waals surface area (Å²) in [6.45, 7) is 6.84. The number of hydrogen-bond acceptors (Lipinski definition) is 14. The van der Waals surface area contributed by atoms with Crippen LogP contribution in [0.15, 0.2) is 48.5 Å². The second kappa shape index (κ2) is 16.7. The summed E-state index contributed by atoms with van der Waals surface area (Å²) in [6, 6.07) is 13.7. The van der Waals surface area contributed by atoms with Crippen molar-refractivity contribution in [2.75, 3.05) is 69.1 Å². The monoisotopic (exact) mass is 862 g/mol. The molecule has 7 rings (SSSR count). The van der Waals surface area contributed by atoms with Gasteiger partial charge in [-0.25, -0.2) is 0 Å². The minimum absolute atomic E-state index is 0.0281. The first-order chi connectivity index (χ1) is 28.9. The lowest BCUT2D eigenvalue weighted by Crippen LogP contribution is -2.13. The van der Waals surface area contributed by atoms with Crippen molar-refractivity contribution in [1.82, 2.24) is 0 Å². The summed E-state index contributed by atoms with van der Waals surface area (Å²) in [6.07, 6.45) is 0. The van der Waals surface area contributed by atoms with Crippen LogP contribution in [0.1, 0.15) is 27.7 Å². The van der Waals surface area contributed by atoms with Crippen LogP contribution < -0.4 is 39.0 Å². The summed E-state index contributed by atoms with van der Waals surface area (Å²) < 4.78 is 88.3. The van der Waals surface area contributed by atoms with Crippen LogP contribution in [0.3, 0.4) is 0 Å². The van der Waals surface area contributed by atoms with Crippen LogP contribution in [0.5, 0.6) is 46.0 Å². The molecule has 60 heavy (non-hydrogen) atoms. The smallest absolute Gasteiger partial charge is 0.365 e. The van der Waals surface area contributed by atoms with Crippen LogP contribution >= 0.6 is 15.2 Å². The minimum atomic E-state index is -4.14. The maximum absolute atomic E-state index is 14.5. The molecule has 16 heteroatoms. The fraction of sp³-hybridized carbons (Fsp3) is 0.318. The van der Waals surface area contributed by atoms with E-state index in [2.05, 4.69) is 0 Å². The molecule has 0 saturated carbocycles. The third-order valence-electron chi connectivity index (χ3n) is 10.6. The molecular weight excluding hydrogens is 814 g/mol. The second-order valence-electron chi connectivity index (χ2n) is 13.4. The van der Waals surface area contributed by atoms with Gasteiger partial charge in [0.05, 0.1) is 69.1 Å². The molecule has 0 unspecified atom stereocenters. The van der Waals surface area contributed by atoms with Crippen molar-refractivity contribution in [2.24, 2.45) is 0 Å². The summed E-state index contributed by atoms with van der Waals surface area (Å²) in [7, 11) is 0.773. The highest BCUT2D eigenvalue weighted by Crippen LogP contribution is 2.58. The molecular formula is C44H48O14P2. The van der Waals surface area contributed by atoms with Crippen molar-refractivity contribution in [3.8, 4) is 46.0 Å². The van der Waals surface area contributed by atoms with Crippen molar-refractivity contribution >= 4 is 90.4 Å². The predicted octanol–water partition coefficient (Wildman–Crippen LogP) is 9.85. The Morgan fingerprint density at radius 3 is 0.967 bits per heavy atom. The molecule has 7 aromatic carbocycles. The van der Waals surface area contributed by atoms with Gasteiger partial charge in [0.15, 0.2) is 11.5 Å². The van der Waals surface area contributed by atoms with E-state index in [-0.39, 0.29) is 70.8 Å². The zero-order valence-corrected chi connectivity index (χ0v) is 36.9. The number of rotatable bonds is 16. The number of phenolic OH excluding ortho intramolecular Hbond substituents is 2. The molecule has 0 spiro atoms. The normalized spacial score (nSPS) is 12.3. The molecule has 0 aliphatic carbocycles. The van der Waals surface area contributed by atoms with Crippen molar-refractivity contribution in [1.29, 1.82) is 0 Å². The zero-order valence-electron chi connectivity index (χ0n) is 35.1. The van der Waals surface area contributed by atoms with E-state index in [9.17, 15) is 19.3 Å². The quantitative estimate of drug-likeness (QED) is 0.0696. The van der Waals surface area contributed by atoms with Gasteiger partial charge < -0.3 is 56.7 Å². The Kier molecular flexibility index (Phi) is 11.9. The molecule has 0 atom stereocenters. The van der Waals surface area contributed by atoms with Crippen molar-refractivity contribution in [2.45, 2.75) is 27.7 Å². The molecule has 14 nitrogen and oxygen atoms in total. The predicted molar refractivity (Wildman–Crippen MR) is 235 cm³/mol. The van der Waals surface area contributed by atoms with Gasteiger partial charge in [-0.15, -0.1) is 0 Å². The van der Waals surface area contributed by atoms with E-state index >= 15 is 0 Å². The van der Waals surface area contributed by atoms with Gasteiger partial charge >= 0.3 is 15.2 Å². The third kappa shape index (κ3) is 6.40.